The Morgan fingerprint density at radius 2 is 2.43 bits per heavy atom. The van der Waals surface area contributed by atoms with Gasteiger partial charge in [0, 0.05) is 32.2 Å². The van der Waals surface area contributed by atoms with Crippen LogP contribution in [0.2, 0.25) is 0 Å². The number of hydrogen-bond donors (Lipinski definition) is 1. The van der Waals surface area contributed by atoms with E-state index >= 15 is 0 Å². The van der Waals surface area contributed by atoms with Crippen molar-refractivity contribution in [3.63, 3.8) is 0 Å². The summed E-state index contributed by atoms with van der Waals surface area (Å²) in [5, 5.41) is 7.94. The molecule has 1 aliphatic rings. The number of nitrogens with zero attached hydrogens (tertiary/aromatic N) is 1. The van der Waals surface area contributed by atoms with E-state index in [0.717, 1.165) is 19.6 Å². The summed E-state index contributed by atoms with van der Waals surface area (Å²) in [6, 6.07) is 0.669. The molecule has 0 radical (unpaired) electrons. The van der Waals surface area contributed by atoms with Crippen molar-refractivity contribution >= 4 is 11.3 Å². The first-order chi connectivity index (χ1) is 6.77. The highest BCUT2D eigenvalue weighted by Gasteiger charge is 2.18. The zero-order valence-corrected chi connectivity index (χ0v) is 9.73. The van der Waals surface area contributed by atoms with Crippen molar-refractivity contribution in [3.8, 4) is 0 Å². The summed E-state index contributed by atoms with van der Waals surface area (Å²) in [4.78, 5) is 2.56. The lowest BCUT2D eigenvalue weighted by molar-refractivity contribution is 0.165. The van der Waals surface area contributed by atoms with Gasteiger partial charge in [0.2, 0.25) is 0 Å². The molecule has 0 aliphatic carbocycles. The van der Waals surface area contributed by atoms with Crippen LogP contribution < -0.4 is 5.32 Å². The molecule has 0 aromatic carbocycles. The Bertz CT molecular complexity index is 295. The molecule has 1 saturated heterocycles. The van der Waals surface area contributed by atoms with Crippen molar-refractivity contribution in [2.24, 2.45) is 0 Å². The van der Waals surface area contributed by atoms with Gasteiger partial charge in [0.1, 0.15) is 0 Å². The van der Waals surface area contributed by atoms with Gasteiger partial charge in [-0.05, 0) is 35.7 Å². The Labute approximate surface area is 89.9 Å². The maximum Gasteiger partial charge on any atom is 0.0248 e. The third kappa shape index (κ3) is 2.16. The number of thiophene rings is 1. The second kappa shape index (κ2) is 4.43. The van der Waals surface area contributed by atoms with Crippen molar-refractivity contribution < 1.29 is 0 Å². The summed E-state index contributed by atoms with van der Waals surface area (Å²) in [5.41, 5.74) is 2.95. The van der Waals surface area contributed by atoms with Gasteiger partial charge in [0.05, 0.1) is 0 Å². The Balaban J connectivity index is 1.99. The molecule has 1 N–H and O–H groups in total. The molecule has 1 aromatic heterocycles. The van der Waals surface area contributed by atoms with Gasteiger partial charge in [-0.2, -0.15) is 11.3 Å². The molecular weight excluding hydrogens is 192 g/mol. The lowest BCUT2D eigenvalue weighted by Crippen LogP contribution is -2.49. The zero-order valence-electron chi connectivity index (χ0n) is 8.92. The van der Waals surface area contributed by atoms with E-state index in [1.54, 1.807) is 0 Å². The summed E-state index contributed by atoms with van der Waals surface area (Å²) in [5.74, 6) is 0. The number of hydrogen-bond acceptors (Lipinski definition) is 3. The Morgan fingerprint density at radius 3 is 3.07 bits per heavy atom. The van der Waals surface area contributed by atoms with E-state index in [0.29, 0.717) is 6.04 Å². The third-order valence-electron chi connectivity index (χ3n) is 2.97. The minimum absolute atomic E-state index is 0.669. The smallest absolute Gasteiger partial charge is 0.0248 e. The molecule has 0 spiro atoms. The standard InChI is InChI=1S/C11H18N2S/c1-9-7-14-8-11(9)6-13-4-3-12-5-10(13)2/h7-8,10,12H,3-6H2,1-2H3. The van der Waals surface area contributed by atoms with Crippen LogP contribution in [0, 0.1) is 6.92 Å². The topological polar surface area (TPSA) is 15.3 Å². The van der Waals surface area contributed by atoms with Gasteiger partial charge < -0.3 is 5.32 Å². The van der Waals surface area contributed by atoms with Crippen LogP contribution in [0.25, 0.3) is 0 Å². The highest BCUT2D eigenvalue weighted by molar-refractivity contribution is 7.08. The van der Waals surface area contributed by atoms with E-state index in [-0.39, 0.29) is 0 Å². The van der Waals surface area contributed by atoms with Crippen LogP contribution in [0.3, 0.4) is 0 Å². The first-order valence-electron chi connectivity index (χ1n) is 5.24. The number of piperazine rings is 1. The average molecular weight is 210 g/mol. The molecule has 1 atom stereocenters. The predicted octanol–water partition coefficient (Wildman–Crippen LogP) is 1.85. The maximum atomic E-state index is 3.42. The first kappa shape index (κ1) is 10.1. The highest BCUT2D eigenvalue weighted by Crippen LogP contribution is 2.17. The summed E-state index contributed by atoms with van der Waals surface area (Å²) >= 11 is 1.81. The van der Waals surface area contributed by atoms with Gasteiger partial charge in [0.15, 0.2) is 0 Å². The van der Waals surface area contributed by atoms with E-state index in [1.807, 2.05) is 11.3 Å². The molecule has 3 heteroatoms. The van der Waals surface area contributed by atoms with Crippen LogP contribution in [-0.2, 0) is 6.54 Å². The van der Waals surface area contributed by atoms with Crippen LogP contribution in [0.4, 0.5) is 0 Å². The lowest BCUT2D eigenvalue weighted by Gasteiger charge is -2.33. The lowest BCUT2D eigenvalue weighted by atomic mass is 10.1. The van der Waals surface area contributed by atoms with E-state index in [2.05, 4.69) is 34.8 Å². The fourth-order valence-electron chi connectivity index (χ4n) is 1.89. The number of aryl methyl sites for hydroxylation is 1. The molecule has 78 valence electrons. The molecule has 14 heavy (non-hydrogen) atoms. The van der Waals surface area contributed by atoms with Gasteiger partial charge >= 0.3 is 0 Å². The van der Waals surface area contributed by atoms with Crippen LogP contribution in [-0.4, -0.2) is 30.6 Å². The molecule has 2 heterocycles. The fourth-order valence-corrected chi connectivity index (χ4v) is 2.73. The van der Waals surface area contributed by atoms with Crippen LogP contribution in [0.5, 0.6) is 0 Å². The molecule has 0 bridgehead atoms. The molecule has 1 unspecified atom stereocenters. The Morgan fingerprint density at radius 1 is 1.57 bits per heavy atom. The highest BCUT2D eigenvalue weighted by atomic mass is 32.1. The fraction of sp³-hybridized carbons (Fsp3) is 0.636. The second-order valence-corrected chi connectivity index (χ2v) is 4.85. The van der Waals surface area contributed by atoms with Gasteiger partial charge in [-0.1, -0.05) is 0 Å². The summed E-state index contributed by atoms with van der Waals surface area (Å²) in [6.45, 7) is 9.07. The van der Waals surface area contributed by atoms with E-state index in [9.17, 15) is 0 Å². The Hall–Kier alpha value is -0.380. The van der Waals surface area contributed by atoms with Crippen molar-refractivity contribution in [1.29, 1.82) is 0 Å². The van der Waals surface area contributed by atoms with Gasteiger partial charge in [-0.15, -0.1) is 0 Å². The second-order valence-electron chi connectivity index (χ2n) is 4.10. The van der Waals surface area contributed by atoms with Crippen molar-refractivity contribution in [2.75, 3.05) is 19.6 Å². The molecule has 0 amide bonds. The van der Waals surface area contributed by atoms with Crippen LogP contribution >= 0.6 is 11.3 Å². The van der Waals surface area contributed by atoms with E-state index < -0.39 is 0 Å². The normalized spacial score (nSPS) is 24.0. The van der Waals surface area contributed by atoms with Crippen molar-refractivity contribution in [2.45, 2.75) is 26.4 Å². The van der Waals surface area contributed by atoms with Crippen LogP contribution in [0.1, 0.15) is 18.1 Å². The van der Waals surface area contributed by atoms with E-state index in [4.69, 9.17) is 0 Å². The molecule has 2 rings (SSSR count). The first-order valence-corrected chi connectivity index (χ1v) is 6.18. The maximum absolute atomic E-state index is 3.42. The molecular formula is C11H18N2S. The van der Waals surface area contributed by atoms with Gasteiger partial charge in [-0.25, -0.2) is 0 Å². The summed E-state index contributed by atoms with van der Waals surface area (Å²) in [6.07, 6.45) is 0. The average Bonchev–Trinajstić information content (AvgIpc) is 2.56. The van der Waals surface area contributed by atoms with Gasteiger partial charge in [-0.3, -0.25) is 4.90 Å². The monoisotopic (exact) mass is 210 g/mol. The number of nitrogens with one attached hydrogen (secondary N) is 1. The SMILES string of the molecule is Cc1cscc1CN1CCNCC1C. The van der Waals surface area contributed by atoms with E-state index in [1.165, 1.54) is 17.7 Å². The minimum Gasteiger partial charge on any atom is -0.314 e. The molecule has 1 fully saturated rings. The largest absolute Gasteiger partial charge is 0.314 e. The summed E-state index contributed by atoms with van der Waals surface area (Å²) < 4.78 is 0. The Kier molecular flexibility index (Phi) is 3.21. The van der Waals surface area contributed by atoms with Crippen molar-refractivity contribution in [3.05, 3.63) is 21.9 Å². The third-order valence-corrected chi connectivity index (χ3v) is 3.88. The summed E-state index contributed by atoms with van der Waals surface area (Å²) in [7, 11) is 0. The van der Waals surface area contributed by atoms with Gasteiger partial charge in [0.25, 0.3) is 0 Å². The quantitative estimate of drug-likeness (QED) is 0.801. The predicted molar refractivity (Wildman–Crippen MR) is 61.8 cm³/mol. The zero-order chi connectivity index (χ0) is 9.97. The van der Waals surface area contributed by atoms with Crippen LogP contribution in [0.15, 0.2) is 10.8 Å². The number of rotatable bonds is 2. The molecule has 1 aliphatic heterocycles. The molecule has 1 aromatic rings. The minimum atomic E-state index is 0.669. The molecule has 2 nitrogen and oxygen atoms in total. The van der Waals surface area contributed by atoms with Crippen molar-refractivity contribution in [1.82, 2.24) is 10.2 Å². The molecule has 0 saturated carbocycles.